The summed E-state index contributed by atoms with van der Waals surface area (Å²) in [4.78, 5) is 0. The van der Waals surface area contributed by atoms with Gasteiger partial charge in [-0.15, -0.1) is 10.2 Å². The van der Waals surface area contributed by atoms with Gasteiger partial charge in [0.25, 0.3) is 0 Å². The van der Waals surface area contributed by atoms with Gasteiger partial charge in [-0.1, -0.05) is 65.7 Å². The van der Waals surface area contributed by atoms with Crippen molar-refractivity contribution in [1.29, 1.82) is 0 Å². The molecule has 8 heteroatoms. The van der Waals surface area contributed by atoms with Gasteiger partial charge in [-0.05, 0) is 42.0 Å². The molecule has 5 nitrogen and oxygen atoms in total. The Bertz CT molecular complexity index is 1080. The van der Waals surface area contributed by atoms with E-state index in [4.69, 9.17) is 46.3 Å². The fourth-order valence-electron chi connectivity index (χ4n) is 2.83. The largest absolute Gasteiger partial charge is 0.361 e. The zero-order chi connectivity index (χ0) is 22.4. The van der Waals surface area contributed by atoms with Crippen molar-refractivity contribution < 1.29 is 33.3 Å². The summed E-state index contributed by atoms with van der Waals surface area (Å²) in [5, 5.41) is 1.08. The lowest BCUT2D eigenvalue weighted by Gasteiger charge is -2.17. The van der Waals surface area contributed by atoms with Crippen LogP contribution in [-0.2, 0) is 0 Å². The lowest BCUT2D eigenvalue weighted by Crippen LogP contribution is -2.68. The third-order valence-corrected chi connectivity index (χ3v) is 4.90. The average molecular weight is 478 g/mol. The Morgan fingerprint density at radius 3 is 1.39 bits per heavy atom. The Balaban J connectivity index is 0.000000491. The summed E-state index contributed by atoms with van der Waals surface area (Å²) in [5.74, 6) is 1.60. The molecule has 0 bridgehead atoms. The maximum absolute atomic E-state index is 8.49. The van der Waals surface area contributed by atoms with Gasteiger partial charge in [0.1, 0.15) is 0 Å². The summed E-state index contributed by atoms with van der Waals surface area (Å²) in [6, 6.07) is 29.8. The molecule has 31 heavy (non-hydrogen) atoms. The van der Waals surface area contributed by atoms with E-state index >= 15 is 0 Å². The minimum Gasteiger partial charge on any atom is -0.222 e. The first kappa shape index (κ1) is 23.2. The minimum atomic E-state index is -4.94. The summed E-state index contributed by atoms with van der Waals surface area (Å²) in [5.41, 5.74) is 4.05. The number of rotatable bonds is 3. The zero-order valence-corrected chi connectivity index (χ0v) is 18.1. The highest BCUT2D eigenvalue weighted by Gasteiger charge is 2.20. The SMILES string of the molecule is Clc1ccc(-c2cc(-c3ccccc3)[o+]c(-c3ccccc3)c2)cc1Cl.[O-][Cl+3]([O-])([O-])[O-]. The van der Waals surface area contributed by atoms with Crippen LogP contribution < -0.4 is 18.6 Å². The third-order valence-electron chi connectivity index (χ3n) is 4.16. The van der Waals surface area contributed by atoms with Gasteiger partial charge in [-0.3, -0.25) is 0 Å². The van der Waals surface area contributed by atoms with Crippen LogP contribution >= 0.6 is 23.2 Å². The molecule has 4 aromatic rings. The van der Waals surface area contributed by atoms with Gasteiger partial charge in [0.15, 0.2) is 0 Å². The average Bonchev–Trinajstić information content (AvgIpc) is 2.75. The Morgan fingerprint density at radius 1 is 0.516 bits per heavy atom. The highest BCUT2D eigenvalue weighted by atomic mass is 35.7. The van der Waals surface area contributed by atoms with Gasteiger partial charge < -0.3 is 0 Å². The van der Waals surface area contributed by atoms with E-state index in [-0.39, 0.29) is 0 Å². The molecule has 0 aliphatic heterocycles. The molecule has 0 unspecified atom stereocenters. The molecule has 4 rings (SSSR count). The number of hydrogen-bond acceptors (Lipinski definition) is 4. The number of benzene rings is 3. The van der Waals surface area contributed by atoms with Crippen LogP contribution in [0.2, 0.25) is 10.0 Å². The second-order valence-corrected chi connectivity index (χ2v) is 7.88. The van der Waals surface area contributed by atoms with Gasteiger partial charge in [0.05, 0.1) is 33.3 Å². The first-order valence-electron chi connectivity index (χ1n) is 8.87. The van der Waals surface area contributed by atoms with Crippen molar-refractivity contribution in [2.75, 3.05) is 0 Å². The molecule has 3 aromatic carbocycles. The van der Waals surface area contributed by atoms with Crippen molar-refractivity contribution in [2.45, 2.75) is 0 Å². The van der Waals surface area contributed by atoms with Gasteiger partial charge in [-0.25, -0.2) is 23.1 Å². The van der Waals surface area contributed by atoms with Gasteiger partial charge in [-0.2, -0.15) is 0 Å². The van der Waals surface area contributed by atoms with Crippen LogP contribution in [0.3, 0.4) is 0 Å². The molecule has 0 radical (unpaired) electrons. The fourth-order valence-corrected chi connectivity index (χ4v) is 3.13. The predicted octanol–water partition coefficient (Wildman–Crippen LogP) is 3.11. The Hall–Kier alpha value is -2.48. The molecule has 0 saturated heterocycles. The Kier molecular flexibility index (Phi) is 7.64. The van der Waals surface area contributed by atoms with Crippen molar-refractivity contribution in [3.8, 4) is 33.8 Å². The lowest BCUT2D eigenvalue weighted by molar-refractivity contribution is -2.00. The highest BCUT2D eigenvalue weighted by Crippen LogP contribution is 2.35. The monoisotopic (exact) mass is 476 g/mol. The molecule has 0 aliphatic rings. The third kappa shape index (κ3) is 7.02. The zero-order valence-electron chi connectivity index (χ0n) is 15.8. The van der Waals surface area contributed by atoms with E-state index in [0.29, 0.717) is 10.0 Å². The topological polar surface area (TPSA) is 104 Å². The van der Waals surface area contributed by atoms with E-state index in [2.05, 4.69) is 0 Å². The van der Waals surface area contributed by atoms with Gasteiger partial charge in [0, 0.05) is 5.56 Å². The van der Waals surface area contributed by atoms with Gasteiger partial charge in [0.2, 0.25) is 0 Å². The van der Waals surface area contributed by atoms with Crippen molar-refractivity contribution in [3.63, 3.8) is 0 Å². The molecule has 0 N–H and O–H groups in total. The summed E-state index contributed by atoms with van der Waals surface area (Å²) in [6.07, 6.45) is 0. The van der Waals surface area contributed by atoms with Crippen LogP contribution in [0.15, 0.2) is 95.4 Å². The van der Waals surface area contributed by atoms with E-state index in [1.165, 1.54) is 0 Å². The van der Waals surface area contributed by atoms with Crippen LogP contribution in [0.25, 0.3) is 33.8 Å². The van der Waals surface area contributed by atoms with Gasteiger partial charge >= 0.3 is 11.5 Å². The predicted molar refractivity (Wildman–Crippen MR) is 109 cm³/mol. The molecule has 1 heterocycles. The van der Waals surface area contributed by atoms with Crippen molar-refractivity contribution in [3.05, 3.63) is 101 Å². The number of halogens is 3. The first-order chi connectivity index (χ1) is 14.7. The second-order valence-electron chi connectivity index (χ2n) is 6.31. The van der Waals surface area contributed by atoms with Crippen LogP contribution in [0.4, 0.5) is 0 Å². The maximum Gasteiger partial charge on any atom is 0.361 e. The normalized spacial score (nSPS) is 10.9. The summed E-state index contributed by atoms with van der Waals surface area (Å²) in [6.45, 7) is 0. The van der Waals surface area contributed by atoms with Crippen LogP contribution in [-0.4, -0.2) is 0 Å². The molecule has 158 valence electrons. The number of hydrogen-bond donors (Lipinski definition) is 0. The molecule has 0 aliphatic carbocycles. The Morgan fingerprint density at radius 2 is 0.968 bits per heavy atom. The van der Waals surface area contributed by atoms with E-state index < -0.39 is 10.2 Å². The summed E-state index contributed by atoms with van der Waals surface area (Å²) >= 11 is 12.3. The highest BCUT2D eigenvalue weighted by molar-refractivity contribution is 6.42. The van der Waals surface area contributed by atoms with E-state index in [0.717, 1.165) is 33.8 Å². The standard InChI is InChI=1S/C23H15Cl2O.ClHO4/c24-20-12-11-18(13-21(20)25)19-14-22(16-7-3-1-4-8-16)26-23(15-19)17-9-5-2-6-10-17;2-1(3,4)5/h1-15H;(H,2,3,4,5)/q+1;/p-1. The van der Waals surface area contributed by atoms with E-state index in [9.17, 15) is 0 Å². The first-order valence-corrected chi connectivity index (χ1v) is 10.9. The Labute approximate surface area is 191 Å². The van der Waals surface area contributed by atoms with Crippen molar-refractivity contribution in [1.82, 2.24) is 0 Å². The molecule has 0 spiro atoms. The molecular weight excluding hydrogens is 463 g/mol. The molecule has 0 amide bonds. The summed E-state index contributed by atoms with van der Waals surface area (Å²) < 4.78 is 40.2. The fraction of sp³-hybridized carbons (Fsp3) is 0. The van der Waals surface area contributed by atoms with Crippen molar-refractivity contribution >= 4 is 23.2 Å². The molecule has 0 saturated carbocycles. The van der Waals surface area contributed by atoms with Crippen LogP contribution in [0.1, 0.15) is 0 Å². The molecule has 1 aromatic heterocycles. The van der Waals surface area contributed by atoms with Crippen LogP contribution in [0.5, 0.6) is 0 Å². The smallest absolute Gasteiger partial charge is 0.222 e. The molecular formula is C23H15Cl3O5. The van der Waals surface area contributed by atoms with Crippen molar-refractivity contribution in [2.24, 2.45) is 0 Å². The quantitative estimate of drug-likeness (QED) is 0.422. The summed E-state index contributed by atoms with van der Waals surface area (Å²) in [7, 11) is -4.94. The maximum atomic E-state index is 8.49. The van der Waals surface area contributed by atoms with Crippen LogP contribution in [0, 0.1) is 10.2 Å². The second kappa shape index (κ2) is 10.2. The van der Waals surface area contributed by atoms with E-state index in [1.807, 2.05) is 91.0 Å². The lowest BCUT2D eigenvalue weighted by atomic mass is 10.0. The minimum absolute atomic E-state index is 0.535. The molecule has 0 atom stereocenters. The molecule has 0 fully saturated rings. The van der Waals surface area contributed by atoms with E-state index in [1.54, 1.807) is 0 Å².